The number of carbonyl (C=O) groups is 1. The molecule has 0 aliphatic heterocycles. The maximum Gasteiger partial charge on any atom is 0.286 e. The number of Topliss-reactive ketones (excluding diaryl/α,β-unsaturated/α-hetero) is 1. The molecule has 1 aromatic heterocycles. The molecule has 0 unspecified atom stereocenters. The van der Waals surface area contributed by atoms with Gasteiger partial charge in [0.25, 0.3) is 5.56 Å². The molecule has 0 radical (unpaired) electrons. The Hall–Kier alpha value is -2.50. The Bertz CT molecular complexity index is 1090. The number of nitrogens with zero attached hydrogens (tertiary/aromatic N) is 2. The number of rotatable bonds is 4. The molecule has 0 saturated heterocycles. The second-order valence-electron chi connectivity index (χ2n) is 7.28. The maximum absolute atomic E-state index is 13.3. The van der Waals surface area contributed by atoms with Gasteiger partial charge in [-0.25, -0.2) is 9.36 Å². The van der Waals surface area contributed by atoms with Gasteiger partial charge in [-0.15, -0.1) is 0 Å². The summed E-state index contributed by atoms with van der Waals surface area (Å²) in [4.78, 5) is 26.5. The largest absolute Gasteiger partial charge is 0.493 e. The van der Waals surface area contributed by atoms with Crippen LogP contribution in [0.2, 0.25) is 10.0 Å². The maximum atomic E-state index is 13.3. The van der Waals surface area contributed by atoms with Crippen LogP contribution in [0, 0.1) is 5.92 Å². The molecule has 2 aromatic carbocycles. The van der Waals surface area contributed by atoms with E-state index in [9.17, 15) is 14.7 Å². The summed E-state index contributed by atoms with van der Waals surface area (Å²) in [6.07, 6.45) is 4.49. The average molecular weight is 431 g/mol. The van der Waals surface area contributed by atoms with E-state index in [4.69, 9.17) is 23.2 Å². The second kappa shape index (κ2) is 8.09. The van der Waals surface area contributed by atoms with Crippen molar-refractivity contribution in [2.75, 3.05) is 0 Å². The van der Waals surface area contributed by atoms with Gasteiger partial charge < -0.3 is 5.11 Å². The van der Waals surface area contributed by atoms with E-state index < -0.39 is 5.56 Å². The first-order valence-corrected chi connectivity index (χ1v) is 10.4. The zero-order chi connectivity index (χ0) is 20.5. The van der Waals surface area contributed by atoms with Crippen molar-refractivity contribution < 1.29 is 9.90 Å². The predicted octanol–water partition coefficient (Wildman–Crippen LogP) is 5.40. The van der Waals surface area contributed by atoms with Gasteiger partial charge in [-0.1, -0.05) is 42.5 Å². The molecule has 150 valence electrons. The summed E-state index contributed by atoms with van der Waals surface area (Å²) in [6.45, 7) is 0. The molecule has 4 rings (SSSR count). The lowest BCUT2D eigenvalue weighted by Crippen LogP contribution is -2.26. The molecule has 1 aliphatic rings. The quantitative estimate of drug-likeness (QED) is 0.563. The molecule has 7 heteroatoms. The Labute approximate surface area is 178 Å². The molecule has 0 bridgehead atoms. The van der Waals surface area contributed by atoms with E-state index in [1.165, 1.54) is 9.36 Å². The van der Waals surface area contributed by atoms with E-state index in [1.807, 2.05) is 0 Å². The average Bonchev–Trinajstić information content (AvgIpc) is 2.99. The van der Waals surface area contributed by atoms with Crippen molar-refractivity contribution in [1.82, 2.24) is 9.36 Å². The van der Waals surface area contributed by atoms with Crippen molar-refractivity contribution in [2.45, 2.75) is 32.1 Å². The third-order valence-electron chi connectivity index (χ3n) is 5.40. The van der Waals surface area contributed by atoms with Gasteiger partial charge in [-0.3, -0.25) is 9.59 Å². The summed E-state index contributed by atoms with van der Waals surface area (Å²) in [5.74, 6) is -0.882. The van der Waals surface area contributed by atoms with Crippen LogP contribution in [0.25, 0.3) is 11.4 Å². The summed E-state index contributed by atoms with van der Waals surface area (Å²) in [6, 6.07) is 13.3. The van der Waals surface area contributed by atoms with Gasteiger partial charge in [0, 0.05) is 16.0 Å². The van der Waals surface area contributed by atoms with Crippen molar-refractivity contribution in [1.29, 1.82) is 0 Å². The molecule has 1 fully saturated rings. The summed E-state index contributed by atoms with van der Waals surface area (Å²) < 4.78 is 2.64. The first-order chi connectivity index (χ1) is 14.0. The third kappa shape index (κ3) is 3.72. The number of aromatic nitrogens is 2. The minimum Gasteiger partial charge on any atom is -0.493 e. The second-order valence-corrected chi connectivity index (χ2v) is 8.15. The van der Waals surface area contributed by atoms with Crippen LogP contribution in [0.1, 0.15) is 42.5 Å². The zero-order valence-corrected chi connectivity index (χ0v) is 17.2. The van der Waals surface area contributed by atoms with E-state index in [0.29, 0.717) is 21.4 Å². The summed E-state index contributed by atoms with van der Waals surface area (Å²) in [5.41, 5.74) is 0.297. The lowest BCUT2D eigenvalue weighted by molar-refractivity contribution is 0.0885. The van der Waals surface area contributed by atoms with E-state index in [2.05, 4.69) is 0 Å². The summed E-state index contributed by atoms with van der Waals surface area (Å²) in [7, 11) is 0. The first-order valence-electron chi connectivity index (χ1n) is 9.60. The van der Waals surface area contributed by atoms with Gasteiger partial charge >= 0.3 is 0 Å². The smallest absolute Gasteiger partial charge is 0.286 e. The van der Waals surface area contributed by atoms with E-state index >= 15 is 0 Å². The van der Waals surface area contributed by atoms with Gasteiger partial charge in [0.1, 0.15) is 5.56 Å². The fourth-order valence-corrected chi connectivity index (χ4v) is 4.16. The molecule has 29 heavy (non-hydrogen) atoms. The van der Waals surface area contributed by atoms with Crippen LogP contribution in [-0.2, 0) is 0 Å². The number of halogens is 2. The van der Waals surface area contributed by atoms with E-state index in [0.717, 1.165) is 32.1 Å². The predicted molar refractivity (Wildman–Crippen MR) is 114 cm³/mol. The number of hydrogen-bond donors (Lipinski definition) is 1. The fraction of sp³-hybridized carbons (Fsp3) is 0.273. The molecule has 5 nitrogen and oxygen atoms in total. The normalized spacial score (nSPS) is 14.8. The highest BCUT2D eigenvalue weighted by molar-refractivity contribution is 6.30. The Morgan fingerprint density at radius 1 is 0.828 bits per heavy atom. The SMILES string of the molecule is O=C(c1c(O)n(-c2ccc(Cl)cc2)n(-c2ccc(Cl)cc2)c1=O)C1CCCCC1. The minimum absolute atomic E-state index is 0.165. The number of aromatic hydroxyl groups is 1. The number of benzene rings is 2. The number of ketones is 1. The van der Waals surface area contributed by atoms with Crippen LogP contribution in [0.3, 0.4) is 0 Å². The fourth-order valence-electron chi connectivity index (χ4n) is 3.91. The Balaban J connectivity index is 1.92. The topological polar surface area (TPSA) is 64.2 Å². The van der Waals surface area contributed by atoms with Gasteiger partial charge in [0.15, 0.2) is 5.78 Å². The minimum atomic E-state index is -0.546. The summed E-state index contributed by atoms with van der Waals surface area (Å²) in [5, 5.41) is 12.0. The zero-order valence-electron chi connectivity index (χ0n) is 15.6. The molecule has 0 spiro atoms. The van der Waals surface area contributed by atoms with Crippen molar-refractivity contribution in [2.24, 2.45) is 5.92 Å². The molecule has 1 N–H and O–H groups in total. The van der Waals surface area contributed by atoms with Crippen LogP contribution in [-0.4, -0.2) is 20.3 Å². The Morgan fingerprint density at radius 3 is 1.83 bits per heavy atom. The molecular weight excluding hydrogens is 411 g/mol. The summed E-state index contributed by atoms with van der Waals surface area (Å²) >= 11 is 12.0. The lowest BCUT2D eigenvalue weighted by atomic mass is 9.84. The van der Waals surface area contributed by atoms with Crippen LogP contribution >= 0.6 is 23.2 Å². The van der Waals surface area contributed by atoms with Crippen molar-refractivity contribution in [3.05, 3.63) is 74.5 Å². The van der Waals surface area contributed by atoms with Crippen molar-refractivity contribution in [3.8, 4) is 17.3 Å². The van der Waals surface area contributed by atoms with Gasteiger partial charge in [0.05, 0.1) is 11.4 Å². The molecule has 0 atom stereocenters. The van der Waals surface area contributed by atoms with Gasteiger partial charge in [-0.05, 0) is 61.4 Å². The number of hydrogen-bond acceptors (Lipinski definition) is 3. The third-order valence-corrected chi connectivity index (χ3v) is 5.90. The van der Waals surface area contributed by atoms with Crippen LogP contribution < -0.4 is 5.56 Å². The van der Waals surface area contributed by atoms with Gasteiger partial charge in [0.2, 0.25) is 5.88 Å². The highest BCUT2D eigenvalue weighted by Crippen LogP contribution is 2.31. The lowest BCUT2D eigenvalue weighted by Gasteiger charge is -2.19. The monoisotopic (exact) mass is 430 g/mol. The molecule has 1 aliphatic carbocycles. The Kier molecular flexibility index (Phi) is 5.52. The van der Waals surface area contributed by atoms with Crippen molar-refractivity contribution >= 4 is 29.0 Å². The highest BCUT2D eigenvalue weighted by atomic mass is 35.5. The van der Waals surface area contributed by atoms with Crippen LogP contribution in [0.15, 0.2) is 53.3 Å². The number of carbonyl (C=O) groups excluding carboxylic acids is 1. The van der Waals surface area contributed by atoms with E-state index in [-0.39, 0.29) is 23.1 Å². The molecule has 0 amide bonds. The standard InChI is InChI=1S/C22H20Cl2N2O3/c23-15-6-10-17(11-7-15)25-21(28)19(20(27)14-4-2-1-3-5-14)22(29)26(25)18-12-8-16(24)9-13-18/h6-14,28H,1-5H2. The highest BCUT2D eigenvalue weighted by Gasteiger charge is 2.32. The van der Waals surface area contributed by atoms with Gasteiger partial charge in [-0.2, -0.15) is 0 Å². The molecule has 1 heterocycles. The Morgan fingerprint density at radius 2 is 1.31 bits per heavy atom. The molecule has 3 aromatic rings. The van der Waals surface area contributed by atoms with Crippen molar-refractivity contribution in [3.63, 3.8) is 0 Å². The first kappa shape index (κ1) is 19.8. The van der Waals surface area contributed by atoms with Crippen LogP contribution in [0.4, 0.5) is 0 Å². The van der Waals surface area contributed by atoms with Crippen LogP contribution in [0.5, 0.6) is 5.88 Å². The molecule has 1 saturated carbocycles. The molecular formula is C22H20Cl2N2O3. The van der Waals surface area contributed by atoms with E-state index in [1.54, 1.807) is 48.5 Å².